The first-order valence-corrected chi connectivity index (χ1v) is 3.53. The van der Waals surface area contributed by atoms with Crippen LogP contribution in [-0.4, -0.2) is 18.0 Å². The average Bonchev–Trinajstić information content (AvgIpc) is 2.02. The van der Waals surface area contributed by atoms with Crippen LogP contribution in [0, 0.1) is 0 Å². The minimum Gasteiger partial charge on any atom is -0.464 e. The number of halogens is 1. The van der Waals surface area contributed by atoms with E-state index in [0.717, 1.165) is 0 Å². The molecular formula is C7H6BrNO2. The van der Waals surface area contributed by atoms with Crippen molar-refractivity contribution in [3.8, 4) is 0 Å². The lowest BCUT2D eigenvalue weighted by Gasteiger charge is -1.96. The van der Waals surface area contributed by atoms with E-state index in [9.17, 15) is 4.79 Å². The SMILES string of the molecule is [2H]C([2H])([2H])OC(=O)c1ccc(Br)cn1. The fraction of sp³-hybridized carbons (Fsp3) is 0.143. The fourth-order valence-electron chi connectivity index (χ4n) is 0.549. The number of nitrogens with zero attached hydrogens (tertiary/aromatic N) is 1. The number of methoxy groups -OCH3 is 1. The van der Waals surface area contributed by atoms with Crippen molar-refractivity contribution in [2.24, 2.45) is 0 Å². The van der Waals surface area contributed by atoms with Crippen LogP contribution in [0.4, 0.5) is 0 Å². The summed E-state index contributed by atoms with van der Waals surface area (Å²) in [6, 6.07) is 2.95. The van der Waals surface area contributed by atoms with E-state index < -0.39 is 13.0 Å². The van der Waals surface area contributed by atoms with Gasteiger partial charge in [-0.3, -0.25) is 0 Å². The zero-order valence-electron chi connectivity index (χ0n) is 8.37. The van der Waals surface area contributed by atoms with Gasteiger partial charge in [0.25, 0.3) is 0 Å². The second-order valence-corrected chi connectivity index (χ2v) is 2.67. The molecule has 0 spiro atoms. The maximum atomic E-state index is 11.1. The van der Waals surface area contributed by atoms with E-state index in [2.05, 4.69) is 25.7 Å². The van der Waals surface area contributed by atoms with Crippen LogP contribution in [0.1, 0.15) is 14.6 Å². The summed E-state index contributed by atoms with van der Waals surface area (Å²) in [7, 11) is -2.73. The molecule has 0 unspecified atom stereocenters. The third-order valence-electron chi connectivity index (χ3n) is 1.03. The van der Waals surface area contributed by atoms with Crippen LogP contribution in [0.25, 0.3) is 0 Å². The highest BCUT2D eigenvalue weighted by molar-refractivity contribution is 9.10. The van der Waals surface area contributed by atoms with Crippen LogP contribution in [0.15, 0.2) is 22.8 Å². The van der Waals surface area contributed by atoms with E-state index >= 15 is 0 Å². The van der Waals surface area contributed by atoms with E-state index in [-0.39, 0.29) is 5.69 Å². The highest BCUT2D eigenvalue weighted by Gasteiger charge is 2.04. The third-order valence-corrected chi connectivity index (χ3v) is 1.50. The number of carbonyl (C=O) groups is 1. The standard InChI is InChI=1S/C7H6BrNO2/c1-11-7(10)6-3-2-5(8)4-9-6/h2-4H,1H3/i1D3. The molecule has 1 aromatic heterocycles. The highest BCUT2D eigenvalue weighted by atomic mass is 79.9. The van der Waals surface area contributed by atoms with Gasteiger partial charge in [-0.05, 0) is 28.1 Å². The Balaban J connectivity index is 2.76. The predicted molar refractivity (Wildman–Crippen MR) is 43.3 cm³/mol. The zero-order valence-corrected chi connectivity index (χ0v) is 6.96. The van der Waals surface area contributed by atoms with Gasteiger partial charge in [-0.1, -0.05) is 0 Å². The Labute approximate surface area is 76.7 Å². The van der Waals surface area contributed by atoms with E-state index in [0.29, 0.717) is 4.47 Å². The topological polar surface area (TPSA) is 39.2 Å². The first-order chi connectivity index (χ1) is 6.38. The lowest BCUT2D eigenvalue weighted by molar-refractivity contribution is 0.0594. The van der Waals surface area contributed by atoms with Crippen molar-refractivity contribution in [1.82, 2.24) is 4.98 Å². The summed E-state index contributed by atoms with van der Waals surface area (Å²) in [5.74, 6) is -0.961. The van der Waals surface area contributed by atoms with E-state index in [1.165, 1.54) is 12.3 Å². The molecule has 0 radical (unpaired) electrons. The van der Waals surface area contributed by atoms with Gasteiger partial charge in [-0.2, -0.15) is 0 Å². The number of esters is 1. The molecule has 0 aliphatic carbocycles. The molecule has 0 N–H and O–H groups in total. The summed E-state index contributed by atoms with van der Waals surface area (Å²) in [6.07, 6.45) is 1.39. The van der Waals surface area contributed by atoms with Crippen LogP contribution in [0.2, 0.25) is 0 Å². The minimum atomic E-state index is -2.73. The molecule has 0 fully saturated rings. The number of pyridine rings is 1. The van der Waals surface area contributed by atoms with Crippen LogP contribution in [0.5, 0.6) is 0 Å². The molecule has 0 amide bonds. The van der Waals surface area contributed by atoms with Crippen molar-refractivity contribution < 1.29 is 13.6 Å². The second-order valence-electron chi connectivity index (χ2n) is 1.75. The molecule has 0 aromatic carbocycles. The zero-order chi connectivity index (χ0) is 10.8. The summed E-state index contributed by atoms with van der Waals surface area (Å²) in [6.45, 7) is 0. The van der Waals surface area contributed by atoms with Gasteiger partial charge in [0.2, 0.25) is 0 Å². The molecule has 1 heterocycles. The number of hydrogen-bond donors (Lipinski definition) is 0. The normalized spacial score (nSPS) is 14.5. The molecule has 1 rings (SSSR count). The molecule has 0 aliphatic heterocycles. The van der Waals surface area contributed by atoms with Crippen molar-refractivity contribution in [1.29, 1.82) is 0 Å². The lowest BCUT2D eigenvalue weighted by Crippen LogP contribution is -2.02. The Bertz CT molecular complexity index is 336. The van der Waals surface area contributed by atoms with Gasteiger partial charge in [0, 0.05) is 10.7 Å². The first kappa shape index (κ1) is 4.87. The van der Waals surface area contributed by atoms with Gasteiger partial charge in [0.05, 0.1) is 11.2 Å². The van der Waals surface area contributed by atoms with E-state index in [1.54, 1.807) is 6.07 Å². The van der Waals surface area contributed by atoms with Crippen LogP contribution >= 0.6 is 15.9 Å². The maximum Gasteiger partial charge on any atom is 0.356 e. The van der Waals surface area contributed by atoms with Crippen molar-refractivity contribution in [2.45, 2.75) is 0 Å². The maximum absolute atomic E-state index is 11.1. The van der Waals surface area contributed by atoms with Crippen LogP contribution in [0.3, 0.4) is 0 Å². The Morgan fingerprint density at radius 3 is 3.18 bits per heavy atom. The minimum absolute atomic E-state index is 0.0377. The number of carbonyl (C=O) groups excluding carboxylic acids is 1. The molecular weight excluding hydrogens is 210 g/mol. The third kappa shape index (κ3) is 2.01. The number of ether oxygens (including phenoxy) is 1. The molecule has 0 bridgehead atoms. The quantitative estimate of drug-likeness (QED) is 0.674. The smallest absolute Gasteiger partial charge is 0.356 e. The Hall–Kier alpha value is -0.900. The number of aromatic nitrogens is 1. The Morgan fingerprint density at radius 2 is 2.64 bits per heavy atom. The molecule has 11 heavy (non-hydrogen) atoms. The van der Waals surface area contributed by atoms with E-state index in [4.69, 9.17) is 4.11 Å². The van der Waals surface area contributed by atoms with Gasteiger partial charge in [-0.25, -0.2) is 9.78 Å². The average molecular weight is 219 g/mol. The Morgan fingerprint density at radius 1 is 1.82 bits per heavy atom. The molecule has 58 valence electrons. The van der Waals surface area contributed by atoms with Gasteiger partial charge in [-0.15, -0.1) is 0 Å². The summed E-state index contributed by atoms with van der Waals surface area (Å²) in [5, 5.41) is 0. The van der Waals surface area contributed by atoms with Gasteiger partial charge in [0.15, 0.2) is 0 Å². The largest absolute Gasteiger partial charge is 0.464 e. The first-order valence-electron chi connectivity index (χ1n) is 4.23. The van der Waals surface area contributed by atoms with Gasteiger partial charge < -0.3 is 4.74 Å². The second kappa shape index (κ2) is 3.48. The van der Waals surface area contributed by atoms with Crippen LogP contribution in [-0.2, 0) is 4.74 Å². The molecule has 0 atom stereocenters. The molecule has 4 heteroatoms. The summed E-state index contributed by atoms with van der Waals surface area (Å²) >= 11 is 3.13. The fourth-order valence-corrected chi connectivity index (χ4v) is 0.783. The monoisotopic (exact) mass is 218 g/mol. The van der Waals surface area contributed by atoms with E-state index in [1.807, 2.05) is 0 Å². The lowest BCUT2D eigenvalue weighted by atomic mass is 10.4. The van der Waals surface area contributed by atoms with Crippen molar-refractivity contribution >= 4 is 21.9 Å². The molecule has 0 aliphatic rings. The van der Waals surface area contributed by atoms with Crippen molar-refractivity contribution in [3.63, 3.8) is 0 Å². The number of hydrogen-bond acceptors (Lipinski definition) is 3. The molecule has 3 nitrogen and oxygen atoms in total. The molecule has 0 saturated heterocycles. The van der Waals surface area contributed by atoms with Gasteiger partial charge >= 0.3 is 5.97 Å². The molecule has 1 aromatic rings. The summed E-state index contributed by atoms with van der Waals surface area (Å²) in [4.78, 5) is 14.8. The molecule has 0 saturated carbocycles. The van der Waals surface area contributed by atoms with Crippen molar-refractivity contribution in [2.75, 3.05) is 7.04 Å². The summed E-state index contributed by atoms with van der Waals surface area (Å²) in [5.41, 5.74) is -0.0377. The van der Waals surface area contributed by atoms with Crippen molar-refractivity contribution in [3.05, 3.63) is 28.5 Å². The number of rotatable bonds is 1. The van der Waals surface area contributed by atoms with Crippen LogP contribution < -0.4 is 0 Å². The van der Waals surface area contributed by atoms with Gasteiger partial charge in [0.1, 0.15) is 5.69 Å². The predicted octanol–water partition coefficient (Wildman–Crippen LogP) is 1.63. The Kier molecular flexibility index (Phi) is 1.54. The summed E-state index contributed by atoms with van der Waals surface area (Å²) < 4.78 is 25.0. The highest BCUT2D eigenvalue weighted by Crippen LogP contribution is 2.07.